The third kappa shape index (κ3) is 10.1. The van der Waals surface area contributed by atoms with Gasteiger partial charge in [0.25, 0.3) is 5.91 Å². The van der Waals surface area contributed by atoms with Crippen molar-refractivity contribution >= 4 is 23.8 Å². The summed E-state index contributed by atoms with van der Waals surface area (Å²) in [5.41, 5.74) is 1.19. The van der Waals surface area contributed by atoms with Crippen LogP contribution in [0.2, 0.25) is 0 Å². The minimum atomic E-state index is -0.884. The van der Waals surface area contributed by atoms with Crippen LogP contribution < -0.4 is 5.32 Å². The van der Waals surface area contributed by atoms with E-state index in [2.05, 4.69) is 5.32 Å². The number of aromatic nitrogens is 1. The highest BCUT2D eigenvalue weighted by Crippen LogP contribution is 2.28. The van der Waals surface area contributed by atoms with Crippen LogP contribution in [0, 0.1) is 5.41 Å². The fourth-order valence-corrected chi connectivity index (χ4v) is 6.20. The summed E-state index contributed by atoms with van der Waals surface area (Å²) in [6, 6.07) is 9.55. The molecule has 2 aliphatic rings. The fraction of sp³-hybridized carbons (Fsp3) is 0.538. The molecule has 0 unspecified atom stereocenters. The standard InChI is InChI=1S/C39H54FN5O5/c1-27(42(8)37(49)50-39(5,6)7)34(46)41-33(38(2,3)4)36(48)45-22-12-15-32(45)26-44(23-20-28-16-18-30(40)19-17-28)35(47)29-21-24-43(25-29)31-13-10-9-11-14-31/h9-11,13-14,16,18,21,24-25,27,32-33H,12,15,17,19-20,22-23,26H2,1-8H3,(H,41,46)/t27-,32-,33+/m0/s1. The second-order valence-electron chi connectivity index (χ2n) is 15.5. The van der Waals surface area contributed by atoms with Gasteiger partial charge < -0.3 is 24.4 Å². The quantitative estimate of drug-likeness (QED) is 0.284. The van der Waals surface area contributed by atoms with E-state index in [1.54, 1.807) is 49.6 Å². The smallest absolute Gasteiger partial charge is 0.410 e. The summed E-state index contributed by atoms with van der Waals surface area (Å²) >= 11 is 0. The molecule has 11 heteroatoms. The Morgan fingerprint density at radius 3 is 2.34 bits per heavy atom. The summed E-state index contributed by atoms with van der Waals surface area (Å²) in [7, 11) is 1.50. The van der Waals surface area contributed by atoms with E-state index in [0.29, 0.717) is 50.9 Å². The topological polar surface area (TPSA) is 104 Å². The molecule has 1 aliphatic heterocycles. The van der Waals surface area contributed by atoms with Crippen LogP contribution in [0.5, 0.6) is 0 Å². The lowest BCUT2D eigenvalue weighted by atomic mass is 9.85. The largest absolute Gasteiger partial charge is 0.444 e. The number of para-hydroxylation sites is 1. The molecular formula is C39H54FN5O5. The maximum Gasteiger partial charge on any atom is 0.410 e. The molecule has 1 aliphatic carbocycles. The highest BCUT2D eigenvalue weighted by atomic mass is 19.1. The number of amides is 4. The normalized spacial score (nSPS) is 17.7. The number of hydrogen-bond donors (Lipinski definition) is 1. The fourth-order valence-electron chi connectivity index (χ4n) is 6.20. The van der Waals surface area contributed by atoms with Crippen molar-refractivity contribution in [2.45, 2.75) is 104 Å². The van der Waals surface area contributed by atoms with Gasteiger partial charge >= 0.3 is 6.09 Å². The molecule has 2 heterocycles. The molecule has 2 aromatic rings. The maximum absolute atomic E-state index is 14.3. The first kappa shape index (κ1) is 38.4. The van der Waals surface area contributed by atoms with Crippen LogP contribution >= 0.6 is 0 Å². The van der Waals surface area contributed by atoms with Gasteiger partial charge in [0.2, 0.25) is 11.8 Å². The Hall–Kier alpha value is -4.41. The van der Waals surface area contributed by atoms with Gasteiger partial charge in [-0.15, -0.1) is 0 Å². The summed E-state index contributed by atoms with van der Waals surface area (Å²) < 4.78 is 21.1. The number of rotatable bonds is 11. The van der Waals surface area contributed by atoms with E-state index < -0.39 is 35.1 Å². The average Bonchev–Trinajstić information content (AvgIpc) is 3.74. The molecule has 1 aromatic heterocycles. The van der Waals surface area contributed by atoms with E-state index in [0.717, 1.165) is 17.7 Å². The van der Waals surface area contributed by atoms with Gasteiger partial charge in [-0.05, 0) is 83.1 Å². The summed E-state index contributed by atoms with van der Waals surface area (Å²) in [4.78, 5) is 59.4. The van der Waals surface area contributed by atoms with Crippen molar-refractivity contribution in [2.24, 2.45) is 5.41 Å². The number of benzene rings is 1. The zero-order chi connectivity index (χ0) is 36.8. The second kappa shape index (κ2) is 16.1. The summed E-state index contributed by atoms with van der Waals surface area (Å²) in [5.74, 6) is -0.973. The first-order chi connectivity index (χ1) is 23.4. The van der Waals surface area contributed by atoms with Crippen LogP contribution in [-0.4, -0.2) is 93.5 Å². The van der Waals surface area contributed by atoms with E-state index in [4.69, 9.17) is 4.74 Å². The number of allylic oxidation sites excluding steroid dienone is 3. The van der Waals surface area contributed by atoms with Gasteiger partial charge in [-0.2, -0.15) is 0 Å². The molecule has 0 saturated carbocycles. The SMILES string of the molecule is C[C@@H](C(=O)N[C@H](C(=O)N1CCC[C@H]1CN(CCC1=CC=C(F)CC1)C(=O)c1ccn(-c2ccccc2)c1)C(C)(C)C)N(C)C(=O)OC(C)(C)C. The first-order valence-electron chi connectivity index (χ1n) is 17.6. The Bertz CT molecular complexity index is 1590. The Labute approximate surface area is 296 Å². The van der Waals surface area contributed by atoms with Gasteiger partial charge in [0.15, 0.2) is 0 Å². The van der Waals surface area contributed by atoms with Crippen molar-refractivity contribution in [3.05, 3.63) is 77.9 Å². The Balaban J connectivity index is 1.53. The minimum Gasteiger partial charge on any atom is -0.444 e. The van der Waals surface area contributed by atoms with Crippen LogP contribution in [0.1, 0.15) is 90.9 Å². The number of likely N-dealkylation sites (N-methyl/N-ethyl adjacent to an activating group) is 1. The highest BCUT2D eigenvalue weighted by molar-refractivity contribution is 5.94. The van der Waals surface area contributed by atoms with E-state index in [1.807, 2.05) is 68.1 Å². The molecule has 0 radical (unpaired) electrons. The van der Waals surface area contributed by atoms with Gasteiger partial charge in [0.05, 0.1) is 5.56 Å². The minimum absolute atomic E-state index is 0.142. The summed E-state index contributed by atoms with van der Waals surface area (Å²) in [6.45, 7) is 13.8. The van der Waals surface area contributed by atoms with E-state index >= 15 is 0 Å². The zero-order valence-electron chi connectivity index (χ0n) is 30.9. The third-order valence-electron chi connectivity index (χ3n) is 9.30. The predicted octanol–water partition coefficient (Wildman–Crippen LogP) is 6.66. The van der Waals surface area contributed by atoms with Gasteiger partial charge in [0.1, 0.15) is 23.5 Å². The molecule has 1 N–H and O–H groups in total. The zero-order valence-corrected chi connectivity index (χ0v) is 30.9. The molecule has 1 saturated heterocycles. The lowest BCUT2D eigenvalue weighted by Gasteiger charge is -2.38. The summed E-state index contributed by atoms with van der Waals surface area (Å²) in [5, 5.41) is 2.94. The van der Waals surface area contributed by atoms with Crippen LogP contribution in [0.4, 0.5) is 9.18 Å². The molecule has 50 heavy (non-hydrogen) atoms. The monoisotopic (exact) mass is 691 g/mol. The number of carbonyl (C=O) groups is 4. The number of ether oxygens (including phenoxy) is 1. The Kier molecular flexibility index (Phi) is 12.3. The van der Waals surface area contributed by atoms with Crippen molar-refractivity contribution in [3.8, 4) is 5.69 Å². The second-order valence-corrected chi connectivity index (χ2v) is 15.5. The van der Waals surface area contributed by atoms with Crippen LogP contribution in [0.25, 0.3) is 5.69 Å². The van der Waals surface area contributed by atoms with E-state index in [9.17, 15) is 23.6 Å². The van der Waals surface area contributed by atoms with E-state index in [1.165, 1.54) is 18.0 Å². The number of carbonyl (C=O) groups excluding carboxylic acids is 4. The molecule has 4 rings (SSSR count). The highest BCUT2D eigenvalue weighted by Gasteiger charge is 2.41. The molecule has 10 nitrogen and oxygen atoms in total. The lowest BCUT2D eigenvalue weighted by molar-refractivity contribution is -0.141. The molecule has 4 amide bonds. The average molecular weight is 692 g/mol. The molecule has 272 valence electrons. The third-order valence-corrected chi connectivity index (χ3v) is 9.30. The molecule has 3 atom stereocenters. The number of likely N-dealkylation sites (tertiary alicyclic amines) is 1. The van der Waals surface area contributed by atoms with Crippen molar-refractivity contribution in [2.75, 3.05) is 26.7 Å². The van der Waals surface area contributed by atoms with Crippen LogP contribution in [-0.2, 0) is 14.3 Å². The molecule has 1 aromatic carbocycles. The van der Waals surface area contributed by atoms with Gasteiger partial charge in [-0.25, -0.2) is 9.18 Å². The van der Waals surface area contributed by atoms with Crippen LogP contribution in [0.15, 0.2) is 72.3 Å². The van der Waals surface area contributed by atoms with Crippen molar-refractivity contribution in [1.82, 2.24) is 24.6 Å². The number of nitrogens with zero attached hydrogens (tertiary/aromatic N) is 4. The number of nitrogens with one attached hydrogen (secondary N) is 1. The van der Waals surface area contributed by atoms with Crippen molar-refractivity contribution in [1.29, 1.82) is 0 Å². The van der Waals surface area contributed by atoms with E-state index in [-0.39, 0.29) is 23.7 Å². The van der Waals surface area contributed by atoms with Gasteiger partial charge in [0, 0.05) is 57.2 Å². The Morgan fingerprint density at radius 2 is 1.72 bits per heavy atom. The number of hydrogen-bond acceptors (Lipinski definition) is 5. The van der Waals surface area contributed by atoms with Gasteiger partial charge in [-0.3, -0.25) is 19.3 Å². The molecular weight excluding hydrogens is 637 g/mol. The molecule has 0 bridgehead atoms. The lowest BCUT2D eigenvalue weighted by Crippen LogP contribution is -2.59. The Morgan fingerprint density at radius 1 is 1.02 bits per heavy atom. The molecule has 0 spiro atoms. The molecule has 1 fully saturated rings. The number of halogens is 1. The van der Waals surface area contributed by atoms with Crippen molar-refractivity contribution in [3.63, 3.8) is 0 Å². The van der Waals surface area contributed by atoms with Crippen LogP contribution in [0.3, 0.4) is 0 Å². The first-order valence-corrected chi connectivity index (χ1v) is 17.6. The predicted molar refractivity (Wildman–Crippen MR) is 192 cm³/mol. The summed E-state index contributed by atoms with van der Waals surface area (Å²) in [6.07, 6.45) is 9.38. The van der Waals surface area contributed by atoms with Gasteiger partial charge in [-0.1, -0.05) is 50.6 Å². The maximum atomic E-state index is 14.3. The van der Waals surface area contributed by atoms with Crippen molar-refractivity contribution < 1.29 is 28.3 Å².